The quantitative estimate of drug-likeness (QED) is 0.487. The largest absolute Gasteiger partial charge is 0.386 e. The van der Waals surface area contributed by atoms with Crippen molar-refractivity contribution in [3.8, 4) is 0 Å². The van der Waals surface area contributed by atoms with Crippen LogP contribution in [0.3, 0.4) is 0 Å². The van der Waals surface area contributed by atoms with Crippen molar-refractivity contribution >= 4 is 0 Å². The Morgan fingerprint density at radius 3 is 2.18 bits per heavy atom. The van der Waals surface area contributed by atoms with Crippen LogP contribution < -0.4 is 0 Å². The number of hydrogen-bond donors (Lipinski definition) is 1. The third-order valence-electron chi connectivity index (χ3n) is 1.26. The molecule has 0 atom stereocenters. The van der Waals surface area contributed by atoms with Crippen molar-refractivity contribution in [2.24, 2.45) is 0 Å². The first kappa shape index (κ1) is 10.4. The van der Waals surface area contributed by atoms with Crippen molar-refractivity contribution in [3.63, 3.8) is 0 Å². The second-order valence-corrected chi connectivity index (χ2v) is 3.20. The molecule has 0 aliphatic rings. The van der Waals surface area contributed by atoms with E-state index < -0.39 is 5.60 Å². The highest BCUT2D eigenvalue weighted by molar-refractivity contribution is 4.96. The normalized spacial score (nSPS) is 13.5. The highest BCUT2D eigenvalue weighted by atomic mass is 16.3. The van der Waals surface area contributed by atoms with Gasteiger partial charge < -0.3 is 5.11 Å². The lowest BCUT2D eigenvalue weighted by molar-refractivity contribution is 0.133. The van der Waals surface area contributed by atoms with Crippen LogP contribution in [0.4, 0.5) is 0 Å². The highest BCUT2D eigenvalue weighted by Gasteiger charge is 2.04. The Hall–Kier alpha value is -0.560. The molecule has 1 nitrogen and oxygen atoms in total. The molecule has 0 aromatic rings. The van der Waals surface area contributed by atoms with Gasteiger partial charge in [0.1, 0.15) is 0 Å². The molecular weight excluding hydrogens is 136 g/mol. The van der Waals surface area contributed by atoms with Crippen LogP contribution in [0.5, 0.6) is 0 Å². The van der Waals surface area contributed by atoms with Crippen LogP contribution >= 0.6 is 0 Å². The van der Waals surface area contributed by atoms with Gasteiger partial charge in [-0.25, -0.2) is 0 Å². The smallest absolute Gasteiger partial charge is 0.0771 e. The van der Waals surface area contributed by atoms with Crippen molar-refractivity contribution in [2.45, 2.75) is 39.2 Å². The monoisotopic (exact) mass is 154 g/mol. The van der Waals surface area contributed by atoms with E-state index in [1.165, 1.54) is 0 Å². The van der Waals surface area contributed by atoms with E-state index in [2.05, 4.69) is 6.08 Å². The molecule has 0 saturated heterocycles. The zero-order chi connectivity index (χ0) is 8.74. The number of hydrogen-bond acceptors (Lipinski definition) is 1. The van der Waals surface area contributed by atoms with E-state index >= 15 is 0 Å². The zero-order valence-electron chi connectivity index (χ0n) is 7.67. The average Bonchev–Trinajstić information content (AvgIpc) is 1.85. The van der Waals surface area contributed by atoms with Gasteiger partial charge in [-0.3, -0.25) is 0 Å². The van der Waals surface area contributed by atoms with Gasteiger partial charge in [-0.1, -0.05) is 24.3 Å². The molecule has 0 bridgehead atoms. The van der Waals surface area contributed by atoms with Gasteiger partial charge in [-0.05, 0) is 33.6 Å². The third-order valence-corrected chi connectivity index (χ3v) is 1.26. The lowest BCUT2D eigenvalue weighted by Crippen LogP contribution is -2.13. The molecule has 0 amide bonds. The Morgan fingerprint density at radius 2 is 1.73 bits per heavy atom. The van der Waals surface area contributed by atoms with E-state index in [9.17, 15) is 5.11 Å². The van der Waals surface area contributed by atoms with Gasteiger partial charge in [0.25, 0.3) is 0 Å². The molecule has 0 fully saturated rings. The molecule has 64 valence electrons. The fourth-order valence-electron chi connectivity index (χ4n) is 0.731. The van der Waals surface area contributed by atoms with Crippen LogP contribution in [-0.4, -0.2) is 10.7 Å². The van der Waals surface area contributed by atoms with E-state index in [1.54, 1.807) is 13.8 Å². The molecule has 0 rings (SSSR count). The van der Waals surface area contributed by atoms with E-state index in [-0.39, 0.29) is 0 Å². The minimum Gasteiger partial charge on any atom is -0.386 e. The topological polar surface area (TPSA) is 20.2 Å². The number of rotatable bonds is 4. The molecule has 0 saturated carbocycles. The van der Waals surface area contributed by atoms with Crippen molar-refractivity contribution in [2.75, 3.05) is 0 Å². The highest BCUT2D eigenvalue weighted by Crippen LogP contribution is 2.04. The zero-order valence-corrected chi connectivity index (χ0v) is 7.67. The molecule has 0 aromatic carbocycles. The number of aliphatic hydroxyl groups is 1. The maximum absolute atomic E-state index is 9.27. The predicted octanol–water partition coefficient (Wildman–Crippen LogP) is 2.67. The molecule has 0 aromatic heterocycles. The summed E-state index contributed by atoms with van der Waals surface area (Å²) >= 11 is 0. The van der Waals surface area contributed by atoms with Gasteiger partial charge in [0, 0.05) is 0 Å². The molecule has 0 aliphatic carbocycles. The molecule has 0 heterocycles. The van der Waals surface area contributed by atoms with Crippen molar-refractivity contribution < 1.29 is 5.11 Å². The Balaban J connectivity index is 3.45. The van der Waals surface area contributed by atoms with Crippen LogP contribution in [0.2, 0.25) is 0 Å². The minimum atomic E-state index is -0.657. The summed E-state index contributed by atoms with van der Waals surface area (Å²) in [5.74, 6) is 0. The Labute approximate surface area is 69.4 Å². The van der Waals surface area contributed by atoms with E-state index in [0.717, 1.165) is 12.8 Å². The van der Waals surface area contributed by atoms with Crippen LogP contribution in [0.25, 0.3) is 0 Å². The van der Waals surface area contributed by atoms with Crippen LogP contribution in [-0.2, 0) is 0 Å². The molecule has 1 N–H and O–H groups in total. The fraction of sp³-hybridized carbons (Fsp3) is 0.600. The molecular formula is C10H18O. The average molecular weight is 154 g/mol. The maximum atomic E-state index is 9.27. The van der Waals surface area contributed by atoms with E-state index in [1.807, 2.05) is 25.2 Å². The summed E-state index contributed by atoms with van der Waals surface area (Å²) in [6, 6.07) is 0. The van der Waals surface area contributed by atoms with Gasteiger partial charge in [0.15, 0.2) is 0 Å². The summed E-state index contributed by atoms with van der Waals surface area (Å²) < 4.78 is 0. The maximum Gasteiger partial charge on any atom is 0.0771 e. The van der Waals surface area contributed by atoms with Gasteiger partial charge in [0.05, 0.1) is 5.60 Å². The van der Waals surface area contributed by atoms with Crippen LogP contribution in [0.1, 0.15) is 33.6 Å². The van der Waals surface area contributed by atoms with Crippen molar-refractivity contribution in [1.29, 1.82) is 0 Å². The fourth-order valence-corrected chi connectivity index (χ4v) is 0.731. The molecule has 0 spiro atoms. The molecule has 1 heteroatoms. The summed E-state index contributed by atoms with van der Waals surface area (Å²) in [4.78, 5) is 0. The first-order valence-electron chi connectivity index (χ1n) is 4.07. The van der Waals surface area contributed by atoms with Gasteiger partial charge >= 0.3 is 0 Å². The third kappa shape index (κ3) is 9.44. The minimum absolute atomic E-state index is 0.657. The summed E-state index contributed by atoms with van der Waals surface area (Å²) in [6.07, 6.45) is 10.1. The Bertz CT molecular complexity index is 137. The molecule has 0 unspecified atom stereocenters. The number of unbranched alkanes of at least 4 members (excludes halogenated alkanes) is 1. The van der Waals surface area contributed by atoms with Crippen molar-refractivity contribution in [3.05, 3.63) is 24.3 Å². The molecule has 0 aliphatic heterocycles. The van der Waals surface area contributed by atoms with Crippen molar-refractivity contribution in [1.82, 2.24) is 0 Å². The van der Waals surface area contributed by atoms with Crippen LogP contribution in [0, 0.1) is 0 Å². The second-order valence-electron chi connectivity index (χ2n) is 3.20. The standard InChI is InChI=1S/C10H18O/c1-4-5-6-7-8-9-10(2,3)11/h4-5,8-9,11H,6-7H2,1-3H3/b5-4+,9-8+. The van der Waals surface area contributed by atoms with Gasteiger partial charge in [0.2, 0.25) is 0 Å². The summed E-state index contributed by atoms with van der Waals surface area (Å²) in [7, 11) is 0. The van der Waals surface area contributed by atoms with Gasteiger partial charge in [-0.15, -0.1) is 0 Å². The summed E-state index contributed by atoms with van der Waals surface area (Å²) in [6.45, 7) is 5.57. The lowest BCUT2D eigenvalue weighted by Gasteiger charge is -2.09. The Morgan fingerprint density at radius 1 is 1.18 bits per heavy atom. The molecule has 0 radical (unpaired) electrons. The van der Waals surface area contributed by atoms with Crippen LogP contribution in [0.15, 0.2) is 24.3 Å². The molecule has 11 heavy (non-hydrogen) atoms. The predicted molar refractivity (Wildman–Crippen MR) is 49.5 cm³/mol. The van der Waals surface area contributed by atoms with E-state index in [0.29, 0.717) is 0 Å². The Kier molecular flexibility index (Phi) is 4.88. The summed E-state index contributed by atoms with van der Waals surface area (Å²) in [5.41, 5.74) is -0.657. The van der Waals surface area contributed by atoms with E-state index in [4.69, 9.17) is 0 Å². The lowest BCUT2D eigenvalue weighted by atomic mass is 10.1. The first-order chi connectivity index (χ1) is 5.06. The first-order valence-corrected chi connectivity index (χ1v) is 4.07. The second kappa shape index (κ2) is 5.14. The SMILES string of the molecule is C/C=C/CC/C=C/C(C)(C)O. The van der Waals surface area contributed by atoms with Gasteiger partial charge in [-0.2, -0.15) is 0 Å². The number of allylic oxidation sites excluding steroid dienone is 3. The summed E-state index contributed by atoms with van der Waals surface area (Å²) in [5, 5.41) is 9.27.